The Bertz CT molecular complexity index is 1330. The maximum Gasteiger partial charge on any atom is 0.243 e. The topological polar surface area (TPSA) is 86.8 Å². The summed E-state index contributed by atoms with van der Waals surface area (Å²) in [6, 6.07) is 21.9. The molecule has 0 aliphatic heterocycles. The van der Waals surface area contributed by atoms with Gasteiger partial charge in [0.25, 0.3) is 0 Å². The molecule has 3 rings (SSSR count). The van der Waals surface area contributed by atoms with Crippen molar-refractivity contribution in [3.8, 4) is 0 Å². The van der Waals surface area contributed by atoms with Crippen molar-refractivity contribution in [3.63, 3.8) is 0 Å². The van der Waals surface area contributed by atoms with E-state index < -0.39 is 28.5 Å². The molecule has 0 aliphatic rings. The first-order chi connectivity index (χ1) is 18.0. The van der Waals surface area contributed by atoms with Gasteiger partial charge in [-0.1, -0.05) is 71.8 Å². The molecule has 0 aromatic heterocycles. The number of nitrogens with one attached hydrogen (secondary N) is 1. The van der Waals surface area contributed by atoms with Crippen molar-refractivity contribution in [1.29, 1.82) is 0 Å². The fourth-order valence-corrected chi connectivity index (χ4v) is 5.22. The van der Waals surface area contributed by atoms with E-state index in [0.717, 1.165) is 21.0 Å². The Balaban J connectivity index is 1.96. The number of benzene rings is 3. The molecule has 2 amide bonds. The van der Waals surface area contributed by atoms with Gasteiger partial charge in [0.2, 0.25) is 21.8 Å². The molecule has 9 heteroatoms. The Morgan fingerprint density at radius 2 is 1.50 bits per heavy atom. The lowest BCUT2D eigenvalue weighted by molar-refractivity contribution is -0.141. The van der Waals surface area contributed by atoms with Gasteiger partial charge in [0, 0.05) is 31.1 Å². The van der Waals surface area contributed by atoms with E-state index in [2.05, 4.69) is 5.32 Å². The Labute approximate surface area is 230 Å². The maximum atomic E-state index is 13.8. The van der Waals surface area contributed by atoms with Crippen LogP contribution in [-0.4, -0.2) is 55.1 Å². The van der Waals surface area contributed by atoms with Gasteiger partial charge < -0.3 is 10.2 Å². The number of likely N-dealkylation sites (N-methyl/N-ethyl adjacent to an activating group) is 1. The largest absolute Gasteiger partial charge is 0.352 e. The number of amides is 2. The highest BCUT2D eigenvalue weighted by Crippen LogP contribution is 2.19. The molecular formula is C29H34ClN3O4S. The minimum atomic E-state index is -3.92. The number of aryl methyl sites for hydroxylation is 1. The van der Waals surface area contributed by atoms with Crippen LogP contribution in [-0.2, 0) is 32.6 Å². The summed E-state index contributed by atoms with van der Waals surface area (Å²) in [6.07, 6.45) is 0.271. The summed E-state index contributed by atoms with van der Waals surface area (Å²) in [7, 11) is -2.55. The van der Waals surface area contributed by atoms with E-state index in [1.54, 1.807) is 36.4 Å². The number of halogens is 1. The van der Waals surface area contributed by atoms with Gasteiger partial charge in [-0.05, 0) is 56.2 Å². The minimum absolute atomic E-state index is 0.0982. The normalized spacial score (nSPS) is 12.4. The number of rotatable bonds is 11. The number of sulfonamides is 1. The van der Waals surface area contributed by atoms with Crippen molar-refractivity contribution >= 4 is 33.4 Å². The van der Waals surface area contributed by atoms with E-state index in [1.807, 2.05) is 51.1 Å². The number of nitrogens with zero attached hydrogens (tertiary/aromatic N) is 2. The van der Waals surface area contributed by atoms with Crippen LogP contribution >= 0.6 is 11.6 Å². The molecule has 0 saturated carbocycles. The van der Waals surface area contributed by atoms with Crippen LogP contribution in [0.2, 0.25) is 5.02 Å². The van der Waals surface area contributed by atoms with Crippen molar-refractivity contribution in [1.82, 2.24) is 14.5 Å². The van der Waals surface area contributed by atoms with Gasteiger partial charge in [-0.15, -0.1) is 0 Å². The van der Waals surface area contributed by atoms with E-state index in [1.165, 1.54) is 24.1 Å². The first-order valence-electron chi connectivity index (χ1n) is 12.4. The molecule has 0 heterocycles. The second-order valence-electron chi connectivity index (χ2n) is 9.59. The number of hydrogen-bond acceptors (Lipinski definition) is 4. The van der Waals surface area contributed by atoms with Gasteiger partial charge in [-0.3, -0.25) is 9.59 Å². The first kappa shape index (κ1) is 29.4. The van der Waals surface area contributed by atoms with Crippen LogP contribution in [0.5, 0.6) is 0 Å². The molecule has 7 nitrogen and oxygen atoms in total. The lowest BCUT2D eigenvalue weighted by Crippen LogP contribution is -2.53. The van der Waals surface area contributed by atoms with Gasteiger partial charge in [0.05, 0.1) is 11.4 Å². The summed E-state index contributed by atoms with van der Waals surface area (Å²) in [5.74, 6) is -0.798. The smallest absolute Gasteiger partial charge is 0.243 e. The van der Waals surface area contributed by atoms with Gasteiger partial charge in [-0.2, -0.15) is 4.31 Å². The van der Waals surface area contributed by atoms with Crippen LogP contribution in [0.3, 0.4) is 0 Å². The average molecular weight is 556 g/mol. The summed E-state index contributed by atoms with van der Waals surface area (Å²) < 4.78 is 27.4. The Kier molecular flexibility index (Phi) is 10.1. The zero-order valence-electron chi connectivity index (χ0n) is 22.1. The van der Waals surface area contributed by atoms with Crippen molar-refractivity contribution < 1.29 is 18.0 Å². The zero-order valence-corrected chi connectivity index (χ0v) is 23.7. The standard InChI is InChI=1S/C29H34ClN3O4S/c1-21(2)31-29(35)27(18-23-8-6-5-7-9-23)33(19-24-12-14-25(30)15-13-24)28(34)20-32(4)38(36,37)26-16-10-22(3)11-17-26/h5-17,21,27H,18-20H2,1-4H3,(H,31,35). The van der Waals surface area contributed by atoms with Crippen LogP contribution < -0.4 is 5.32 Å². The van der Waals surface area contributed by atoms with Crippen molar-refractivity contribution in [2.45, 2.75) is 50.7 Å². The fourth-order valence-electron chi connectivity index (χ4n) is 3.98. The molecule has 3 aromatic carbocycles. The molecular weight excluding hydrogens is 522 g/mol. The lowest BCUT2D eigenvalue weighted by atomic mass is 10.0. The monoisotopic (exact) mass is 555 g/mol. The number of carbonyl (C=O) groups excluding carboxylic acids is 2. The average Bonchev–Trinajstić information content (AvgIpc) is 2.87. The van der Waals surface area contributed by atoms with E-state index in [9.17, 15) is 18.0 Å². The second kappa shape index (κ2) is 13.0. The maximum absolute atomic E-state index is 13.8. The third-order valence-corrected chi connectivity index (χ3v) is 8.12. The van der Waals surface area contributed by atoms with E-state index >= 15 is 0 Å². The molecule has 0 fully saturated rings. The lowest BCUT2D eigenvalue weighted by Gasteiger charge is -2.33. The van der Waals surface area contributed by atoms with Crippen LogP contribution in [0.1, 0.15) is 30.5 Å². The van der Waals surface area contributed by atoms with Crippen LogP contribution in [0.25, 0.3) is 0 Å². The molecule has 0 bridgehead atoms. The van der Waals surface area contributed by atoms with Crippen LogP contribution in [0.4, 0.5) is 0 Å². The third kappa shape index (κ3) is 7.90. The van der Waals surface area contributed by atoms with Gasteiger partial charge in [0.1, 0.15) is 6.04 Å². The molecule has 0 radical (unpaired) electrons. The summed E-state index contributed by atoms with van der Waals surface area (Å²) in [5.41, 5.74) is 2.57. The highest BCUT2D eigenvalue weighted by Gasteiger charge is 2.33. The second-order valence-corrected chi connectivity index (χ2v) is 12.1. The molecule has 38 heavy (non-hydrogen) atoms. The van der Waals surface area contributed by atoms with Crippen molar-refractivity contribution in [2.75, 3.05) is 13.6 Å². The molecule has 1 atom stereocenters. The summed E-state index contributed by atoms with van der Waals surface area (Å²) >= 11 is 6.06. The van der Waals surface area contributed by atoms with Crippen molar-refractivity contribution in [2.24, 2.45) is 0 Å². The molecule has 1 unspecified atom stereocenters. The predicted octanol–water partition coefficient (Wildman–Crippen LogP) is 4.43. The highest BCUT2D eigenvalue weighted by atomic mass is 35.5. The summed E-state index contributed by atoms with van der Waals surface area (Å²) in [6.45, 7) is 5.25. The predicted molar refractivity (Wildman–Crippen MR) is 150 cm³/mol. The molecule has 3 aromatic rings. The Morgan fingerprint density at radius 1 is 0.895 bits per heavy atom. The van der Waals surface area contributed by atoms with Crippen LogP contribution in [0.15, 0.2) is 83.8 Å². The van der Waals surface area contributed by atoms with E-state index in [4.69, 9.17) is 11.6 Å². The van der Waals surface area contributed by atoms with Gasteiger partial charge in [0.15, 0.2) is 0 Å². The van der Waals surface area contributed by atoms with Gasteiger partial charge >= 0.3 is 0 Å². The fraction of sp³-hybridized carbons (Fsp3) is 0.310. The molecule has 202 valence electrons. The van der Waals surface area contributed by atoms with E-state index in [-0.39, 0.29) is 29.8 Å². The molecule has 0 saturated heterocycles. The molecule has 0 aliphatic carbocycles. The molecule has 1 N–H and O–H groups in total. The van der Waals surface area contributed by atoms with Crippen LogP contribution in [0, 0.1) is 6.92 Å². The Hall–Kier alpha value is -3.20. The molecule has 0 spiro atoms. The number of carbonyl (C=O) groups is 2. The van der Waals surface area contributed by atoms with Gasteiger partial charge in [-0.25, -0.2) is 8.42 Å². The summed E-state index contributed by atoms with van der Waals surface area (Å²) in [5, 5.41) is 3.47. The zero-order chi connectivity index (χ0) is 27.9. The summed E-state index contributed by atoms with van der Waals surface area (Å²) in [4.78, 5) is 28.8. The first-order valence-corrected chi connectivity index (χ1v) is 14.2. The van der Waals surface area contributed by atoms with Crippen molar-refractivity contribution in [3.05, 3.63) is 101 Å². The quantitative estimate of drug-likeness (QED) is 0.379. The van der Waals surface area contributed by atoms with E-state index in [0.29, 0.717) is 5.02 Å². The third-order valence-electron chi connectivity index (χ3n) is 6.06. The highest BCUT2D eigenvalue weighted by molar-refractivity contribution is 7.89. The minimum Gasteiger partial charge on any atom is -0.352 e. The Morgan fingerprint density at radius 3 is 2.08 bits per heavy atom. The number of hydrogen-bond donors (Lipinski definition) is 1. The SMILES string of the molecule is Cc1ccc(S(=O)(=O)N(C)CC(=O)N(Cc2ccc(Cl)cc2)C(Cc2ccccc2)C(=O)NC(C)C)cc1.